The molecule has 4 heteroatoms. The van der Waals surface area contributed by atoms with Gasteiger partial charge in [-0.25, -0.2) is 0 Å². The van der Waals surface area contributed by atoms with E-state index in [1.807, 2.05) is 6.07 Å². The highest BCUT2D eigenvalue weighted by atomic mass is 127. The average Bonchev–Trinajstić information content (AvgIpc) is 2.16. The van der Waals surface area contributed by atoms with Crippen molar-refractivity contribution in [1.82, 2.24) is 0 Å². The van der Waals surface area contributed by atoms with Crippen LogP contribution in [0.4, 0.5) is 0 Å². The summed E-state index contributed by atoms with van der Waals surface area (Å²) in [6.07, 6.45) is 0. The van der Waals surface area contributed by atoms with Crippen LogP contribution in [0.1, 0.15) is 11.1 Å². The number of rotatable bonds is 2. The van der Waals surface area contributed by atoms with Crippen LogP contribution < -0.4 is 4.74 Å². The molecule has 0 spiro atoms. The number of benzene rings is 1. The molecule has 0 aliphatic carbocycles. The predicted molar refractivity (Wildman–Crippen MR) is 56.3 cm³/mol. The zero-order valence-corrected chi connectivity index (χ0v) is 9.20. The number of aliphatic hydroxyl groups excluding tert-OH is 1. The molecule has 0 fully saturated rings. The van der Waals surface area contributed by atoms with Crippen molar-refractivity contribution >= 4 is 22.6 Å². The third kappa shape index (κ3) is 2.11. The number of nitriles is 1. The number of nitrogens with zero attached hydrogens (tertiary/aromatic N) is 1. The van der Waals surface area contributed by atoms with Crippen LogP contribution in [0.5, 0.6) is 5.75 Å². The standard InChI is InChI=1S/C9H8INO2/c1-13-9-3-6(4-11)2-8(10)7(9)5-12/h2-3,12H,5H2,1H3. The Morgan fingerprint density at radius 2 is 2.31 bits per heavy atom. The molecule has 0 radical (unpaired) electrons. The van der Waals surface area contributed by atoms with Crippen LogP contribution in [0, 0.1) is 14.9 Å². The number of ether oxygens (including phenoxy) is 1. The van der Waals surface area contributed by atoms with Gasteiger partial charge >= 0.3 is 0 Å². The van der Waals surface area contributed by atoms with Crippen LogP contribution >= 0.6 is 22.6 Å². The molecule has 1 rings (SSSR count). The van der Waals surface area contributed by atoms with Crippen molar-refractivity contribution in [2.45, 2.75) is 6.61 Å². The Hall–Kier alpha value is -0.800. The third-order valence-corrected chi connectivity index (χ3v) is 2.62. The fraction of sp³-hybridized carbons (Fsp3) is 0.222. The first-order chi connectivity index (χ1) is 6.22. The Bertz CT molecular complexity index is 357. The summed E-state index contributed by atoms with van der Waals surface area (Å²) in [5.74, 6) is 0.561. The van der Waals surface area contributed by atoms with Gasteiger partial charge in [0.15, 0.2) is 0 Å². The minimum Gasteiger partial charge on any atom is -0.496 e. The second-order valence-corrected chi connectivity index (χ2v) is 3.57. The van der Waals surface area contributed by atoms with E-state index in [9.17, 15) is 0 Å². The maximum atomic E-state index is 9.03. The summed E-state index contributed by atoms with van der Waals surface area (Å²) in [7, 11) is 1.52. The molecule has 0 amide bonds. The molecule has 0 aromatic heterocycles. The van der Waals surface area contributed by atoms with Gasteiger partial charge in [-0.15, -0.1) is 0 Å². The van der Waals surface area contributed by atoms with Gasteiger partial charge in [-0.05, 0) is 34.7 Å². The van der Waals surface area contributed by atoms with E-state index in [1.54, 1.807) is 12.1 Å². The van der Waals surface area contributed by atoms with Crippen molar-refractivity contribution < 1.29 is 9.84 Å². The second kappa shape index (κ2) is 4.44. The monoisotopic (exact) mass is 289 g/mol. The summed E-state index contributed by atoms with van der Waals surface area (Å²) < 4.78 is 5.89. The van der Waals surface area contributed by atoms with Crippen molar-refractivity contribution in [2.24, 2.45) is 0 Å². The molecule has 3 nitrogen and oxygen atoms in total. The first-order valence-electron chi connectivity index (χ1n) is 3.60. The lowest BCUT2D eigenvalue weighted by Crippen LogP contribution is -1.96. The number of methoxy groups -OCH3 is 1. The molecular weight excluding hydrogens is 281 g/mol. The molecule has 0 atom stereocenters. The van der Waals surface area contributed by atoms with E-state index in [-0.39, 0.29) is 6.61 Å². The number of halogens is 1. The largest absolute Gasteiger partial charge is 0.496 e. The van der Waals surface area contributed by atoms with E-state index in [2.05, 4.69) is 22.6 Å². The Balaban J connectivity index is 3.31. The molecule has 0 bridgehead atoms. The van der Waals surface area contributed by atoms with Crippen LogP contribution in [-0.4, -0.2) is 12.2 Å². The van der Waals surface area contributed by atoms with Gasteiger partial charge < -0.3 is 9.84 Å². The maximum Gasteiger partial charge on any atom is 0.126 e. The summed E-state index contributed by atoms with van der Waals surface area (Å²) >= 11 is 2.07. The van der Waals surface area contributed by atoms with E-state index < -0.39 is 0 Å². The van der Waals surface area contributed by atoms with E-state index in [0.717, 1.165) is 9.13 Å². The summed E-state index contributed by atoms with van der Waals surface area (Å²) in [4.78, 5) is 0. The van der Waals surface area contributed by atoms with Gasteiger partial charge in [0.2, 0.25) is 0 Å². The van der Waals surface area contributed by atoms with Crippen LogP contribution in [0.15, 0.2) is 12.1 Å². The SMILES string of the molecule is COc1cc(C#N)cc(I)c1CO. The van der Waals surface area contributed by atoms with E-state index >= 15 is 0 Å². The minimum atomic E-state index is -0.0762. The van der Waals surface area contributed by atoms with Gasteiger partial charge in [-0.2, -0.15) is 5.26 Å². The number of hydrogen-bond acceptors (Lipinski definition) is 3. The molecule has 0 heterocycles. The molecule has 0 unspecified atom stereocenters. The lowest BCUT2D eigenvalue weighted by atomic mass is 10.1. The molecule has 1 aromatic rings. The zero-order chi connectivity index (χ0) is 9.84. The fourth-order valence-corrected chi connectivity index (χ4v) is 1.78. The van der Waals surface area contributed by atoms with Crippen LogP contribution in [0.25, 0.3) is 0 Å². The van der Waals surface area contributed by atoms with Gasteiger partial charge in [0, 0.05) is 9.13 Å². The van der Waals surface area contributed by atoms with Crippen molar-refractivity contribution in [3.05, 3.63) is 26.8 Å². The molecule has 0 aliphatic rings. The highest BCUT2D eigenvalue weighted by Gasteiger charge is 2.08. The normalized spacial score (nSPS) is 9.38. The Morgan fingerprint density at radius 1 is 1.62 bits per heavy atom. The summed E-state index contributed by atoms with van der Waals surface area (Å²) in [6, 6.07) is 5.36. The van der Waals surface area contributed by atoms with E-state index in [1.165, 1.54) is 7.11 Å². The van der Waals surface area contributed by atoms with Gasteiger partial charge in [0.25, 0.3) is 0 Å². The Kier molecular flexibility index (Phi) is 3.51. The van der Waals surface area contributed by atoms with E-state index in [0.29, 0.717) is 11.3 Å². The number of hydrogen-bond donors (Lipinski definition) is 1. The third-order valence-electron chi connectivity index (χ3n) is 1.66. The molecule has 1 aromatic carbocycles. The topological polar surface area (TPSA) is 53.2 Å². The highest BCUT2D eigenvalue weighted by molar-refractivity contribution is 14.1. The first-order valence-corrected chi connectivity index (χ1v) is 4.68. The molecule has 1 N–H and O–H groups in total. The molecule has 13 heavy (non-hydrogen) atoms. The summed E-state index contributed by atoms with van der Waals surface area (Å²) in [5.41, 5.74) is 1.26. The van der Waals surface area contributed by atoms with Gasteiger partial charge in [0.05, 0.1) is 25.3 Å². The average molecular weight is 289 g/mol. The van der Waals surface area contributed by atoms with Crippen molar-refractivity contribution in [3.63, 3.8) is 0 Å². The molecule has 0 saturated heterocycles. The summed E-state index contributed by atoms with van der Waals surface area (Å²) in [5, 5.41) is 17.7. The van der Waals surface area contributed by atoms with Gasteiger partial charge in [-0.1, -0.05) is 0 Å². The highest BCUT2D eigenvalue weighted by Crippen LogP contribution is 2.25. The Morgan fingerprint density at radius 3 is 2.77 bits per heavy atom. The summed E-state index contributed by atoms with van der Waals surface area (Å²) in [6.45, 7) is -0.0762. The quantitative estimate of drug-likeness (QED) is 0.842. The second-order valence-electron chi connectivity index (χ2n) is 2.41. The van der Waals surface area contributed by atoms with Crippen molar-refractivity contribution in [1.29, 1.82) is 5.26 Å². The molecule has 0 saturated carbocycles. The fourth-order valence-electron chi connectivity index (χ4n) is 1.01. The van der Waals surface area contributed by atoms with Crippen molar-refractivity contribution in [3.8, 4) is 11.8 Å². The van der Waals surface area contributed by atoms with Crippen LogP contribution in [0.3, 0.4) is 0 Å². The van der Waals surface area contributed by atoms with Crippen LogP contribution in [0.2, 0.25) is 0 Å². The van der Waals surface area contributed by atoms with Crippen LogP contribution in [-0.2, 0) is 6.61 Å². The molecule has 0 aliphatic heterocycles. The lowest BCUT2D eigenvalue weighted by Gasteiger charge is -2.08. The molecular formula is C9H8INO2. The minimum absolute atomic E-state index is 0.0762. The Labute approximate surface area is 90.1 Å². The number of aliphatic hydroxyl groups is 1. The smallest absolute Gasteiger partial charge is 0.126 e. The van der Waals surface area contributed by atoms with E-state index in [4.69, 9.17) is 15.1 Å². The van der Waals surface area contributed by atoms with Gasteiger partial charge in [0.1, 0.15) is 5.75 Å². The molecule has 68 valence electrons. The zero-order valence-electron chi connectivity index (χ0n) is 7.04. The lowest BCUT2D eigenvalue weighted by molar-refractivity contribution is 0.273. The maximum absolute atomic E-state index is 9.03. The van der Waals surface area contributed by atoms with Crippen molar-refractivity contribution in [2.75, 3.05) is 7.11 Å². The predicted octanol–water partition coefficient (Wildman–Crippen LogP) is 1.66. The van der Waals surface area contributed by atoms with Gasteiger partial charge in [-0.3, -0.25) is 0 Å². The first kappa shape index (κ1) is 10.3.